The minimum absolute atomic E-state index is 0. The van der Waals surface area contributed by atoms with Gasteiger partial charge in [-0.15, -0.1) is 12.4 Å². The first-order valence-corrected chi connectivity index (χ1v) is 6.27. The average molecular weight is 250 g/mol. The van der Waals surface area contributed by atoms with Crippen LogP contribution in [-0.2, 0) is 0 Å². The fourth-order valence-electron chi connectivity index (χ4n) is 4.43. The van der Waals surface area contributed by atoms with Crippen LogP contribution in [0.3, 0.4) is 0 Å². The third-order valence-electron chi connectivity index (χ3n) is 5.22. The first-order chi connectivity index (χ1) is 7.13. The Bertz CT molecular complexity index is 304. The molecular weight excluding hydrogens is 232 g/mol. The molecule has 0 radical (unpaired) electrons. The topological polar surface area (TPSA) is 12.0 Å². The summed E-state index contributed by atoms with van der Waals surface area (Å²) in [5, 5.41) is 3.47. The lowest BCUT2D eigenvalue weighted by Crippen LogP contribution is -2.41. The van der Waals surface area contributed by atoms with Crippen LogP contribution >= 0.6 is 12.4 Å². The van der Waals surface area contributed by atoms with Crippen molar-refractivity contribution in [3.63, 3.8) is 0 Å². The van der Waals surface area contributed by atoms with Crippen LogP contribution in [0.2, 0.25) is 0 Å². The van der Waals surface area contributed by atoms with Gasteiger partial charge in [-0.05, 0) is 44.4 Å². The van der Waals surface area contributed by atoms with Gasteiger partial charge in [-0.1, -0.05) is 0 Å². The summed E-state index contributed by atoms with van der Waals surface area (Å²) in [4.78, 5) is 0. The second-order valence-corrected chi connectivity index (χ2v) is 6.14. The third-order valence-corrected chi connectivity index (χ3v) is 5.22. The average Bonchev–Trinajstić information content (AvgIpc) is 3.01. The van der Waals surface area contributed by atoms with Crippen LogP contribution in [-0.4, -0.2) is 18.0 Å². The highest BCUT2D eigenvalue weighted by atomic mass is 35.5. The normalized spacial score (nSPS) is 52.5. The second-order valence-electron chi connectivity index (χ2n) is 6.14. The van der Waals surface area contributed by atoms with E-state index in [2.05, 4.69) is 5.32 Å². The summed E-state index contributed by atoms with van der Waals surface area (Å²) >= 11 is 0. The van der Waals surface area contributed by atoms with Gasteiger partial charge in [0.1, 0.15) is 0 Å². The molecule has 1 nitrogen and oxygen atoms in total. The zero-order valence-electron chi connectivity index (χ0n) is 9.22. The molecule has 4 fully saturated rings. The van der Waals surface area contributed by atoms with Crippen LogP contribution in [0.15, 0.2) is 0 Å². The smallest absolute Gasteiger partial charge is 0.258 e. The quantitative estimate of drug-likeness (QED) is 0.753. The Morgan fingerprint density at radius 3 is 2.00 bits per heavy atom. The molecule has 3 unspecified atom stereocenters. The van der Waals surface area contributed by atoms with Gasteiger partial charge in [0.05, 0.1) is 0 Å². The zero-order valence-corrected chi connectivity index (χ0v) is 10.0. The van der Waals surface area contributed by atoms with Crippen LogP contribution < -0.4 is 5.32 Å². The maximum atomic E-state index is 14.0. The number of hydrogen-bond acceptors (Lipinski definition) is 1. The molecular formula is C12H18ClF2N. The van der Waals surface area contributed by atoms with Crippen LogP contribution in [0.1, 0.15) is 38.5 Å². The minimum Gasteiger partial charge on any atom is -0.311 e. The van der Waals surface area contributed by atoms with E-state index < -0.39 is 11.3 Å². The number of hydrogen-bond donors (Lipinski definition) is 1. The molecule has 1 N–H and O–H groups in total. The summed E-state index contributed by atoms with van der Waals surface area (Å²) in [6, 6.07) is 0.803. The SMILES string of the molecule is Cl.FC1(F)C(C2CC2)C12CC1CCC(C2)N1. The lowest BCUT2D eigenvalue weighted by atomic mass is 9.85. The molecule has 0 amide bonds. The van der Waals surface area contributed by atoms with Crippen molar-refractivity contribution in [3.8, 4) is 0 Å². The molecule has 4 rings (SSSR count). The highest BCUT2D eigenvalue weighted by Gasteiger charge is 2.83. The summed E-state index contributed by atoms with van der Waals surface area (Å²) < 4.78 is 27.9. The molecule has 1 spiro atoms. The van der Waals surface area contributed by atoms with E-state index in [1.807, 2.05) is 0 Å². The van der Waals surface area contributed by atoms with Gasteiger partial charge in [0.15, 0.2) is 0 Å². The number of rotatable bonds is 1. The number of halogens is 3. The first kappa shape index (κ1) is 11.2. The maximum Gasteiger partial charge on any atom is 0.258 e. The van der Waals surface area contributed by atoms with Crippen molar-refractivity contribution < 1.29 is 8.78 Å². The van der Waals surface area contributed by atoms with Crippen molar-refractivity contribution >= 4 is 12.4 Å². The number of alkyl halides is 2. The fourth-order valence-corrected chi connectivity index (χ4v) is 4.43. The molecule has 2 saturated carbocycles. The highest BCUT2D eigenvalue weighted by molar-refractivity contribution is 5.85. The van der Waals surface area contributed by atoms with E-state index in [1.54, 1.807) is 0 Å². The third kappa shape index (κ3) is 1.19. The summed E-state index contributed by atoms with van der Waals surface area (Å²) in [7, 11) is 0. The molecule has 2 bridgehead atoms. The molecule has 2 aliphatic carbocycles. The van der Waals surface area contributed by atoms with Gasteiger partial charge in [0, 0.05) is 23.4 Å². The number of piperidine rings is 1. The van der Waals surface area contributed by atoms with Gasteiger partial charge in [-0.3, -0.25) is 0 Å². The van der Waals surface area contributed by atoms with E-state index >= 15 is 0 Å². The van der Waals surface area contributed by atoms with E-state index in [1.165, 1.54) is 0 Å². The molecule has 0 aromatic heterocycles. The summed E-state index contributed by atoms with van der Waals surface area (Å²) in [5.41, 5.74) is -0.564. The van der Waals surface area contributed by atoms with Gasteiger partial charge in [0.25, 0.3) is 5.92 Å². The van der Waals surface area contributed by atoms with Crippen molar-refractivity contribution in [2.24, 2.45) is 17.3 Å². The van der Waals surface area contributed by atoms with E-state index in [-0.39, 0.29) is 18.3 Å². The Morgan fingerprint density at radius 2 is 1.50 bits per heavy atom. The standard InChI is InChI=1S/C12H17F2N.ClH/c13-12(14)10(7-1-2-7)11(12)5-8-3-4-9(6-11)15-8;/h7-10,15H,1-6H2;1H. The van der Waals surface area contributed by atoms with E-state index in [0.717, 1.165) is 38.5 Å². The molecule has 16 heavy (non-hydrogen) atoms. The van der Waals surface area contributed by atoms with Crippen molar-refractivity contribution in [1.29, 1.82) is 0 Å². The molecule has 4 heteroatoms. The minimum atomic E-state index is -2.32. The number of fused-ring (bicyclic) bond motifs is 2. The van der Waals surface area contributed by atoms with Crippen LogP contribution in [0.4, 0.5) is 8.78 Å². The Balaban J connectivity index is 0.000000810. The van der Waals surface area contributed by atoms with Crippen LogP contribution in [0.25, 0.3) is 0 Å². The summed E-state index contributed by atoms with van der Waals surface area (Å²) in [6.07, 6.45) is 5.87. The largest absolute Gasteiger partial charge is 0.311 e. The zero-order chi connectivity index (χ0) is 10.3. The molecule has 0 aromatic carbocycles. The Hall–Kier alpha value is 0.110. The predicted octanol–water partition coefficient (Wildman–Crippen LogP) is 2.98. The number of nitrogens with one attached hydrogen (secondary N) is 1. The van der Waals surface area contributed by atoms with Gasteiger partial charge in [-0.2, -0.15) is 0 Å². The van der Waals surface area contributed by atoms with Crippen LogP contribution in [0, 0.1) is 17.3 Å². The van der Waals surface area contributed by atoms with Crippen molar-refractivity contribution in [2.45, 2.75) is 56.5 Å². The van der Waals surface area contributed by atoms with Gasteiger partial charge >= 0.3 is 0 Å². The first-order valence-electron chi connectivity index (χ1n) is 6.27. The van der Waals surface area contributed by atoms with Crippen molar-refractivity contribution in [1.82, 2.24) is 5.32 Å². The van der Waals surface area contributed by atoms with Crippen molar-refractivity contribution in [2.75, 3.05) is 0 Å². The Kier molecular flexibility index (Phi) is 2.18. The second kappa shape index (κ2) is 3.11. The monoisotopic (exact) mass is 249 g/mol. The van der Waals surface area contributed by atoms with E-state index in [4.69, 9.17) is 0 Å². The predicted molar refractivity (Wildman–Crippen MR) is 60.0 cm³/mol. The van der Waals surface area contributed by atoms with Gasteiger partial charge in [-0.25, -0.2) is 8.78 Å². The maximum absolute atomic E-state index is 14.0. The Labute approximate surface area is 101 Å². The molecule has 2 saturated heterocycles. The summed E-state index contributed by atoms with van der Waals surface area (Å²) in [5.74, 6) is -2.19. The molecule has 2 aliphatic heterocycles. The Morgan fingerprint density at radius 1 is 0.938 bits per heavy atom. The van der Waals surface area contributed by atoms with Crippen molar-refractivity contribution in [3.05, 3.63) is 0 Å². The molecule has 92 valence electrons. The summed E-state index contributed by atoms with van der Waals surface area (Å²) in [6.45, 7) is 0. The lowest BCUT2D eigenvalue weighted by molar-refractivity contribution is 0.0378. The molecule has 4 aliphatic rings. The molecule has 3 atom stereocenters. The van der Waals surface area contributed by atoms with Gasteiger partial charge in [0.2, 0.25) is 0 Å². The van der Waals surface area contributed by atoms with Crippen LogP contribution in [0.5, 0.6) is 0 Å². The molecule has 0 aromatic rings. The van der Waals surface area contributed by atoms with E-state index in [9.17, 15) is 8.78 Å². The van der Waals surface area contributed by atoms with Gasteiger partial charge < -0.3 is 5.32 Å². The highest BCUT2D eigenvalue weighted by Crippen LogP contribution is 2.77. The molecule has 2 heterocycles. The fraction of sp³-hybridized carbons (Fsp3) is 1.00. The lowest BCUT2D eigenvalue weighted by Gasteiger charge is -2.29. The van der Waals surface area contributed by atoms with E-state index in [0.29, 0.717) is 18.0 Å².